The third-order valence-electron chi connectivity index (χ3n) is 4.51. The Morgan fingerprint density at radius 1 is 1.27 bits per heavy atom. The number of hydrogen-bond acceptors (Lipinski definition) is 6. The molecule has 0 bridgehead atoms. The summed E-state index contributed by atoms with van der Waals surface area (Å²) in [6, 6.07) is 7.46. The maximum Gasteiger partial charge on any atom is 0.254 e. The second-order valence-electron chi connectivity index (χ2n) is 6.26. The first-order chi connectivity index (χ1) is 12.7. The van der Waals surface area contributed by atoms with Crippen LogP contribution < -0.4 is 5.32 Å². The van der Waals surface area contributed by atoms with Crippen LogP contribution in [-0.4, -0.2) is 47.5 Å². The zero-order valence-corrected chi connectivity index (χ0v) is 14.7. The van der Waals surface area contributed by atoms with Crippen LogP contribution in [0.5, 0.6) is 0 Å². The third kappa shape index (κ3) is 3.01. The summed E-state index contributed by atoms with van der Waals surface area (Å²) in [5.41, 5.74) is 2.15. The molecule has 0 saturated carbocycles. The van der Waals surface area contributed by atoms with Gasteiger partial charge in [0.05, 0.1) is 13.2 Å². The number of rotatable bonds is 3. The van der Waals surface area contributed by atoms with Gasteiger partial charge in [0.25, 0.3) is 5.91 Å². The number of furan rings is 1. The van der Waals surface area contributed by atoms with Crippen molar-refractivity contribution in [2.24, 2.45) is 0 Å². The zero-order chi connectivity index (χ0) is 18.1. The molecule has 7 heteroatoms. The molecule has 1 N–H and O–H groups in total. The number of hydrogen-bond donors (Lipinski definition) is 1. The summed E-state index contributed by atoms with van der Waals surface area (Å²) in [4.78, 5) is 23.4. The molecule has 7 nitrogen and oxygen atoms in total. The normalized spacial score (nSPS) is 17.5. The van der Waals surface area contributed by atoms with E-state index in [2.05, 4.69) is 15.3 Å². The van der Waals surface area contributed by atoms with Crippen molar-refractivity contribution in [1.82, 2.24) is 14.9 Å². The highest BCUT2D eigenvalue weighted by molar-refractivity contribution is 5.98. The van der Waals surface area contributed by atoms with E-state index in [9.17, 15) is 4.79 Å². The van der Waals surface area contributed by atoms with Gasteiger partial charge < -0.3 is 19.4 Å². The van der Waals surface area contributed by atoms with Crippen molar-refractivity contribution in [3.63, 3.8) is 0 Å². The molecule has 1 saturated heterocycles. The lowest BCUT2D eigenvalue weighted by atomic mass is 10.1. The summed E-state index contributed by atoms with van der Waals surface area (Å²) < 4.78 is 11.4. The molecule has 0 unspecified atom stereocenters. The highest BCUT2D eigenvalue weighted by Gasteiger charge is 2.29. The topological polar surface area (TPSA) is 80.5 Å². The van der Waals surface area contributed by atoms with Crippen LogP contribution in [0.2, 0.25) is 0 Å². The number of nitrogens with one attached hydrogen (secondary N) is 1. The Balaban J connectivity index is 1.57. The average Bonchev–Trinajstić information content (AvgIpc) is 3.06. The molecule has 3 aromatic rings. The van der Waals surface area contributed by atoms with Crippen molar-refractivity contribution in [2.75, 3.05) is 32.1 Å². The predicted octanol–water partition coefficient (Wildman–Crippen LogP) is 2.79. The fourth-order valence-electron chi connectivity index (χ4n) is 3.27. The van der Waals surface area contributed by atoms with Gasteiger partial charge in [-0.05, 0) is 31.2 Å². The Labute approximate surface area is 151 Å². The van der Waals surface area contributed by atoms with Gasteiger partial charge in [-0.1, -0.05) is 0 Å². The molecule has 1 aliphatic heterocycles. The molecule has 26 heavy (non-hydrogen) atoms. The number of carbonyl (C=O) groups is 1. The number of anilines is 1. The molecule has 4 rings (SSSR count). The van der Waals surface area contributed by atoms with Gasteiger partial charge in [-0.2, -0.15) is 0 Å². The molecule has 0 radical (unpaired) electrons. The number of fused-ring (bicyclic) bond motifs is 1. The van der Waals surface area contributed by atoms with Crippen LogP contribution in [0.25, 0.3) is 11.0 Å². The number of morpholine rings is 1. The maximum absolute atomic E-state index is 13.0. The largest absolute Gasteiger partial charge is 0.461 e. The molecule has 1 fully saturated rings. The lowest BCUT2D eigenvalue weighted by Gasteiger charge is -2.33. The van der Waals surface area contributed by atoms with Gasteiger partial charge in [-0.3, -0.25) is 9.78 Å². The van der Waals surface area contributed by atoms with Gasteiger partial charge in [-0.15, -0.1) is 0 Å². The van der Waals surface area contributed by atoms with Gasteiger partial charge in [0, 0.05) is 36.9 Å². The molecule has 134 valence electrons. The van der Waals surface area contributed by atoms with Crippen molar-refractivity contribution in [1.29, 1.82) is 0 Å². The Morgan fingerprint density at radius 2 is 2.12 bits per heavy atom. The van der Waals surface area contributed by atoms with Crippen LogP contribution in [0.4, 0.5) is 5.82 Å². The van der Waals surface area contributed by atoms with E-state index in [0.717, 1.165) is 16.7 Å². The van der Waals surface area contributed by atoms with E-state index in [1.54, 1.807) is 30.4 Å². The fourth-order valence-corrected chi connectivity index (χ4v) is 3.27. The number of aryl methyl sites for hydroxylation is 1. The minimum absolute atomic E-state index is 0.0195. The lowest BCUT2D eigenvalue weighted by Crippen LogP contribution is -2.42. The molecule has 2 aromatic heterocycles. The Kier molecular flexibility index (Phi) is 4.30. The number of carbonyl (C=O) groups excluding carboxylic acids is 1. The monoisotopic (exact) mass is 352 g/mol. The number of benzene rings is 1. The van der Waals surface area contributed by atoms with Crippen LogP contribution in [-0.2, 0) is 4.74 Å². The van der Waals surface area contributed by atoms with Crippen molar-refractivity contribution >= 4 is 22.7 Å². The summed E-state index contributed by atoms with van der Waals surface area (Å²) in [5.74, 6) is 1.48. The summed E-state index contributed by atoms with van der Waals surface area (Å²) >= 11 is 0. The van der Waals surface area contributed by atoms with E-state index in [4.69, 9.17) is 9.15 Å². The van der Waals surface area contributed by atoms with Gasteiger partial charge in [0.1, 0.15) is 29.0 Å². The molecular weight excluding hydrogens is 332 g/mol. The first kappa shape index (κ1) is 16.5. The second kappa shape index (κ2) is 6.76. The van der Waals surface area contributed by atoms with Gasteiger partial charge in [0.2, 0.25) is 0 Å². The maximum atomic E-state index is 13.0. The SMILES string of the molecule is CNc1nccnc1[C@H]1CN(C(=O)c2ccc3oc(C)cc3c2)CCO1. The van der Waals surface area contributed by atoms with E-state index in [0.29, 0.717) is 36.8 Å². The number of ether oxygens (including phenoxy) is 1. The first-order valence-corrected chi connectivity index (χ1v) is 8.55. The van der Waals surface area contributed by atoms with Crippen LogP contribution in [0.15, 0.2) is 41.1 Å². The van der Waals surface area contributed by atoms with Gasteiger partial charge in [0.15, 0.2) is 0 Å². The third-order valence-corrected chi connectivity index (χ3v) is 4.51. The van der Waals surface area contributed by atoms with Gasteiger partial charge in [-0.25, -0.2) is 4.98 Å². The lowest BCUT2D eigenvalue weighted by molar-refractivity contribution is -0.0245. The summed E-state index contributed by atoms with van der Waals surface area (Å²) in [6.07, 6.45) is 2.96. The molecule has 3 heterocycles. The van der Waals surface area contributed by atoms with E-state index in [1.165, 1.54) is 0 Å². The van der Waals surface area contributed by atoms with Crippen molar-refractivity contribution < 1.29 is 13.9 Å². The number of aromatic nitrogens is 2. The molecular formula is C19H20N4O3. The van der Waals surface area contributed by atoms with Crippen molar-refractivity contribution in [3.8, 4) is 0 Å². The van der Waals surface area contributed by atoms with E-state index in [1.807, 2.05) is 25.1 Å². The molecule has 1 amide bonds. The highest BCUT2D eigenvalue weighted by atomic mass is 16.5. The fraction of sp³-hybridized carbons (Fsp3) is 0.316. The Bertz CT molecular complexity index is 953. The zero-order valence-electron chi connectivity index (χ0n) is 14.7. The van der Waals surface area contributed by atoms with Crippen LogP contribution in [0.3, 0.4) is 0 Å². The predicted molar refractivity (Wildman–Crippen MR) is 97.1 cm³/mol. The molecule has 1 aromatic carbocycles. The van der Waals surface area contributed by atoms with Crippen LogP contribution in [0, 0.1) is 6.92 Å². The molecule has 0 aliphatic carbocycles. The van der Waals surface area contributed by atoms with Crippen LogP contribution in [0.1, 0.15) is 27.9 Å². The molecule has 0 spiro atoms. The summed E-state index contributed by atoms with van der Waals surface area (Å²) in [5, 5.41) is 3.96. The average molecular weight is 352 g/mol. The van der Waals surface area contributed by atoms with Gasteiger partial charge >= 0.3 is 0 Å². The molecule has 1 atom stereocenters. The Hall–Kier alpha value is -2.93. The minimum atomic E-state index is -0.302. The second-order valence-corrected chi connectivity index (χ2v) is 6.26. The van der Waals surface area contributed by atoms with Crippen molar-refractivity contribution in [2.45, 2.75) is 13.0 Å². The van der Waals surface area contributed by atoms with E-state index >= 15 is 0 Å². The summed E-state index contributed by atoms with van der Waals surface area (Å²) in [7, 11) is 1.79. The van der Waals surface area contributed by atoms with Crippen molar-refractivity contribution in [3.05, 3.63) is 53.7 Å². The smallest absolute Gasteiger partial charge is 0.254 e. The Morgan fingerprint density at radius 3 is 2.96 bits per heavy atom. The quantitative estimate of drug-likeness (QED) is 0.781. The minimum Gasteiger partial charge on any atom is -0.461 e. The van der Waals surface area contributed by atoms with E-state index < -0.39 is 0 Å². The standard InChI is InChI=1S/C19H20N4O3/c1-12-9-14-10-13(3-4-15(14)26-12)19(24)23-7-8-25-16(11-23)17-18(20-2)22-6-5-21-17/h3-6,9-10,16H,7-8,11H2,1-2H3,(H,20,22)/t16-/m1/s1. The summed E-state index contributed by atoms with van der Waals surface area (Å²) in [6.45, 7) is 3.35. The number of nitrogens with zero attached hydrogens (tertiary/aromatic N) is 3. The highest BCUT2D eigenvalue weighted by Crippen LogP contribution is 2.27. The first-order valence-electron chi connectivity index (χ1n) is 8.55. The van der Waals surface area contributed by atoms with Crippen LogP contribution >= 0.6 is 0 Å². The number of amides is 1. The van der Waals surface area contributed by atoms with E-state index in [-0.39, 0.29) is 12.0 Å². The molecule has 1 aliphatic rings.